The lowest BCUT2D eigenvalue weighted by Crippen LogP contribution is -2.48. The number of sulfone groups is 1. The quantitative estimate of drug-likeness (QED) is 0.692. The molecule has 0 aromatic heterocycles. The topological polar surface area (TPSA) is 96.3 Å². The van der Waals surface area contributed by atoms with Crippen molar-refractivity contribution in [3.63, 3.8) is 0 Å². The molecule has 1 amide bonds. The molecule has 0 saturated carbocycles. The zero-order valence-corrected chi connectivity index (χ0v) is 16.9. The number of piperidine rings is 1. The van der Waals surface area contributed by atoms with E-state index in [1.54, 1.807) is 32.0 Å². The summed E-state index contributed by atoms with van der Waals surface area (Å²) in [5.41, 5.74) is 0.276. The molecule has 1 aromatic rings. The van der Waals surface area contributed by atoms with Gasteiger partial charge in [-0.1, -0.05) is 19.1 Å². The van der Waals surface area contributed by atoms with Crippen LogP contribution in [-0.2, 0) is 24.2 Å². The summed E-state index contributed by atoms with van der Waals surface area (Å²) in [6.45, 7) is 4.70. The Morgan fingerprint density at radius 1 is 1.14 bits per heavy atom. The van der Waals surface area contributed by atoms with Crippen molar-refractivity contribution in [1.82, 2.24) is 4.90 Å². The number of likely N-dealkylation sites (tertiary alicyclic amines) is 1. The van der Waals surface area contributed by atoms with Crippen LogP contribution in [0.15, 0.2) is 34.3 Å². The van der Waals surface area contributed by atoms with Crippen molar-refractivity contribution in [2.45, 2.75) is 50.5 Å². The highest BCUT2D eigenvalue weighted by Gasteiger charge is 2.42. The molecule has 0 bridgehead atoms. The largest absolute Gasteiger partial charge is 0.464 e. The molecule has 1 aromatic carbocycles. The Balaban J connectivity index is 2.09. The Morgan fingerprint density at radius 3 is 2.46 bits per heavy atom. The number of rotatable bonds is 5. The van der Waals surface area contributed by atoms with Crippen molar-refractivity contribution in [2.75, 3.05) is 24.7 Å². The average Bonchev–Trinajstić information content (AvgIpc) is 2.70. The van der Waals surface area contributed by atoms with Crippen molar-refractivity contribution in [3.8, 4) is 0 Å². The van der Waals surface area contributed by atoms with Gasteiger partial charge in [0.05, 0.1) is 17.2 Å². The molecule has 1 saturated heterocycles. The molecule has 2 aliphatic rings. The number of carbonyl (C=O) groups excluding carboxylic acids is 2. The molecule has 1 atom stereocenters. The van der Waals surface area contributed by atoms with Gasteiger partial charge in [0.15, 0.2) is 0 Å². The van der Waals surface area contributed by atoms with Gasteiger partial charge in [0.2, 0.25) is 14.9 Å². The van der Waals surface area contributed by atoms with E-state index in [1.165, 1.54) is 16.0 Å². The second-order valence-corrected chi connectivity index (χ2v) is 8.58. The maximum absolute atomic E-state index is 13.1. The molecule has 1 fully saturated rings. The number of hydrogen-bond acceptors (Lipinski definition) is 7. The van der Waals surface area contributed by atoms with Gasteiger partial charge < -0.3 is 9.64 Å². The minimum Gasteiger partial charge on any atom is -0.464 e. The second kappa shape index (κ2) is 8.30. The lowest BCUT2D eigenvalue weighted by atomic mass is 10.1. The van der Waals surface area contributed by atoms with Crippen LogP contribution in [0.3, 0.4) is 0 Å². The molecule has 9 heteroatoms. The highest BCUT2D eigenvalue weighted by atomic mass is 32.2. The number of carbonyl (C=O) groups is 2. The number of para-hydroxylation sites is 1. The van der Waals surface area contributed by atoms with E-state index in [-0.39, 0.29) is 17.2 Å². The van der Waals surface area contributed by atoms with Crippen LogP contribution >= 0.6 is 0 Å². The molecule has 152 valence electrons. The van der Waals surface area contributed by atoms with E-state index in [4.69, 9.17) is 4.74 Å². The number of fused-ring (bicyclic) bond motifs is 1. The van der Waals surface area contributed by atoms with Gasteiger partial charge in [-0.05, 0) is 44.7 Å². The Kier molecular flexibility index (Phi) is 6.02. The van der Waals surface area contributed by atoms with E-state index in [2.05, 4.69) is 5.10 Å². The van der Waals surface area contributed by atoms with Gasteiger partial charge in [-0.2, -0.15) is 5.10 Å². The average molecular weight is 407 g/mol. The van der Waals surface area contributed by atoms with Gasteiger partial charge >= 0.3 is 5.97 Å². The number of hydrazone groups is 1. The number of benzene rings is 1. The van der Waals surface area contributed by atoms with Crippen molar-refractivity contribution in [2.24, 2.45) is 5.10 Å². The first-order chi connectivity index (χ1) is 13.4. The summed E-state index contributed by atoms with van der Waals surface area (Å²) in [5, 5.41) is 4.99. The number of anilines is 1. The fourth-order valence-corrected chi connectivity index (χ4v) is 4.95. The Bertz CT molecular complexity index is 891. The van der Waals surface area contributed by atoms with Crippen LogP contribution in [0.2, 0.25) is 0 Å². The number of nitrogens with zero attached hydrogens (tertiary/aromatic N) is 3. The third-order valence-electron chi connectivity index (χ3n) is 4.92. The van der Waals surface area contributed by atoms with Crippen molar-refractivity contribution < 1.29 is 22.7 Å². The zero-order valence-electron chi connectivity index (χ0n) is 16.1. The first-order valence-electron chi connectivity index (χ1n) is 9.59. The predicted molar refractivity (Wildman–Crippen MR) is 105 cm³/mol. The summed E-state index contributed by atoms with van der Waals surface area (Å²) in [6, 6.07) is 5.47. The zero-order chi connectivity index (χ0) is 20.3. The minimum absolute atomic E-state index is 0.0203. The molecular formula is C19H25N3O5S. The molecule has 0 N–H and O–H groups in total. The molecule has 28 heavy (non-hydrogen) atoms. The number of ether oxygens (including phenoxy) is 1. The number of esters is 1. The van der Waals surface area contributed by atoms with Gasteiger partial charge in [-0.3, -0.25) is 4.79 Å². The van der Waals surface area contributed by atoms with Gasteiger partial charge in [-0.15, -0.1) is 0 Å². The maximum Gasteiger partial charge on any atom is 0.330 e. The first-order valence-corrected chi connectivity index (χ1v) is 11.1. The van der Waals surface area contributed by atoms with E-state index in [9.17, 15) is 18.0 Å². The van der Waals surface area contributed by atoms with Crippen LogP contribution in [0.25, 0.3) is 0 Å². The fraction of sp³-hybridized carbons (Fsp3) is 0.526. The van der Waals surface area contributed by atoms with Crippen LogP contribution in [0, 0.1) is 0 Å². The Hall–Kier alpha value is -2.42. The standard InChI is InChI=1S/C19H25N3O5S/c1-3-14(19(24)27-4-2)22-15-10-6-7-11-16(15)28(25,26)17(20-22)18(23)21-12-8-5-9-13-21/h6-7,10-11,14H,3-5,8-9,12-13H2,1-2H3/t14-/m1/s1. The van der Waals surface area contributed by atoms with Gasteiger partial charge in [0, 0.05) is 13.1 Å². The predicted octanol–water partition coefficient (Wildman–Crippen LogP) is 1.95. The molecule has 0 unspecified atom stereocenters. The van der Waals surface area contributed by atoms with Crippen LogP contribution in [0.4, 0.5) is 5.69 Å². The summed E-state index contributed by atoms with van der Waals surface area (Å²) < 4.78 is 31.4. The molecule has 8 nitrogen and oxygen atoms in total. The molecule has 0 spiro atoms. The van der Waals surface area contributed by atoms with Crippen molar-refractivity contribution in [3.05, 3.63) is 24.3 Å². The van der Waals surface area contributed by atoms with Crippen LogP contribution in [-0.4, -0.2) is 56.0 Å². The van der Waals surface area contributed by atoms with Gasteiger partial charge in [0.1, 0.15) is 6.04 Å². The van der Waals surface area contributed by atoms with E-state index < -0.39 is 32.8 Å². The van der Waals surface area contributed by atoms with E-state index in [0.29, 0.717) is 19.5 Å². The van der Waals surface area contributed by atoms with E-state index in [1.807, 2.05) is 0 Å². The fourth-order valence-electron chi connectivity index (χ4n) is 3.49. The molecule has 2 heterocycles. The molecule has 0 radical (unpaired) electrons. The van der Waals surface area contributed by atoms with E-state index in [0.717, 1.165) is 19.3 Å². The summed E-state index contributed by atoms with van der Waals surface area (Å²) in [6.07, 6.45) is 3.03. The summed E-state index contributed by atoms with van der Waals surface area (Å²) in [4.78, 5) is 27.0. The third-order valence-corrected chi connectivity index (χ3v) is 6.61. The summed E-state index contributed by atoms with van der Waals surface area (Å²) in [5.74, 6) is -1.12. The van der Waals surface area contributed by atoms with Crippen LogP contribution in [0.5, 0.6) is 0 Å². The maximum atomic E-state index is 13.1. The number of hydrogen-bond donors (Lipinski definition) is 0. The van der Waals surface area contributed by atoms with Crippen molar-refractivity contribution in [1.29, 1.82) is 0 Å². The van der Waals surface area contributed by atoms with Crippen molar-refractivity contribution >= 4 is 32.4 Å². The van der Waals surface area contributed by atoms with Crippen LogP contribution < -0.4 is 5.01 Å². The Morgan fingerprint density at radius 2 is 1.82 bits per heavy atom. The minimum atomic E-state index is -4.08. The third kappa shape index (κ3) is 3.63. The molecule has 2 aliphatic heterocycles. The van der Waals surface area contributed by atoms with Gasteiger partial charge in [-0.25, -0.2) is 18.2 Å². The monoisotopic (exact) mass is 407 g/mol. The Labute approximate surface area is 165 Å². The highest BCUT2D eigenvalue weighted by Crippen LogP contribution is 2.34. The molecule has 3 rings (SSSR count). The van der Waals surface area contributed by atoms with Crippen LogP contribution in [0.1, 0.15) is 39.5 Å². The smallest absolute Gasteiger partial charge is 0.330 e. The lowest BCUT2D eigenvalue weighted by molar-refractivity contribution is -0.144. The summed E-state index contributed by atoms with van der Waals surface area (Å²) in [7, 11) is -4.08. The highest BCUT2D eigenvalue weighted by molar-refractivity contribution is 8.08. The summed E-state index contributed by atoms with van der Waals surface area (Å²) >= 11 is 0. The first kappa shape index (κ1) is 20.3. The molecular weight excluding hydrogens is 382 g/mol. The normalized spacial score (nSPS) is 19.4. The van der Waals surface area contributed by atoms with E-state index >= 15 is 0 Å². The lowest BCUT2D eigenvalue weighted by Gasteiger charge is -2.33. The van der Waals surface area contributed by atoms with Gasteiger partial charge in [0.25, 0.3) is 5.91 Å². The SMILES string of the molecule is CCOC(=O)[C@@H](CC)N1N=C(C(=O)N2CCCCC2)S(=O)(=O)c2ccccc21. The molecule has 0 aliphatic carbocycles. The number of amides is 1. The second-order valence-electron chi connectivity index (χ2n) is 6.75.